The molecule has 2 amide bonds. The van der Waals surface area contributed by atoms with Crippen molar-refractivity contribution in [2.24, 2.45) is 23.7 Å². The topological polar surface area (TPSA) is 71.1 Å². The van der Waals surface area contributed by atoms with Gasteiger partial charge >= 0.3 is 0 Å². The lowest BCUT2D eigenvalue weighted by atomic mass is 9.78. The second-order valence-electron chi connectivity index (χ2n) is 8.28. The van der Waals surface area contributed by atoms with E-state index in [-0.39, 0.29) is 23.8 Å². The summed E-state index contributed by atoms with van der Waals surface area (Å²) in [7, 11) is 0. The molecule has 0 aromatic carbocycles. The molecule has 3 aliphatic rings. The normalized spacial score (nSPS) is 27.4. The molecule has 6 heteroatoms. The maximum absolute atomic E-state index is 12.5. The van der Waals surface area contributed by atoms with Gasteiger partial charge in [0.05, 0.1) is 6.04 Å². The lowest BCUT2D eigenvalue weighted by Gasteiger charge is -2.35. The molecule has 142 valence electrons. The molecule has 1 aromatic rings. The smallest absolute Gasteiger partial charge is 0.223 e. The number of thiazole rings is 1. The first-order valence-electron chi connectivity index (χ1n) is 10.2. The van der Waals surface area contributed by atoms with E-state index in [4.69, 9.17) is 0 Å². The van der Waals surface area contributed by atoms with Gasteiger partial charge in [0.15, 0.2) is 0 Å². The van der Waals surface area contributed by atoms with Crippen LogP contribution < -0.4 is 10.6 Å². The zero-order valence-corrected chi connectivity index (χ0v) is 16.1. The van der Waals surface area contributed by atoms with Crippen molar-refractivity contribution < 1.29 is 9.59 Å². The van der Waals surface area contributed by atoms with E-state index in [0.717, 1.165) is 62.9 Å². The van der Waals surface area contributed by atoms with Crippen LogP contribution in [-0.2, 0) is 9.59 Å². The Labute approximate surface area is 159 Å². The molecule has 2 N–H and O–H groups in total. The summed E-state index contributed by atoms with van der Waals surface area (Å²) in [6.07, 6.45) is 11.6. The number of rotatable bonds is 7. The minimum absolute atomic E-state index is 0.0603. The first kappa shape index (κ1) is 18.0. The lowest BCUT2D eigenvalue weighted by molar-refractivity contribution is -0.128. The summed E-state index contributed by atoms with van der Waals surface area (Å²) in [5.41, 5.74) is 0. The molecule has 3 saturated carbocycles. The van der Waals surface area contributed by atoms with E-state index in [0.29, 0.717) is 17.8 Å². The van der Waals surface area contributed by atoms with E-state index < -0.39 is 0 Å². The van der Waals surface area contributed by atoms with E-state index in [1.165, 1.54) is 6.42 Å². The van der Waals surface area contributed by atoms with Gasteiger partial charge in [0, 0.05) is 30.0 Å². The number of carbonyl (C=O) groups is 2. The summed E-state index contributed by atoms with van der Waals surface area (Å²) in [6, 6.07) is 0.0603. The van der Waals surface area contributed by atoms with Crippen LogP contribution in [0.15, 0.2) is 11.6 Å². The van der Waals surface area contributed by atoms with E-state index in [1.807, 2.05) is 11.6 Å². The van der Waals surface area contributed by atoms with Crippen molar-refractivity contribution in [2.45, 2.75) is 63.8 Å². The molecule has 0 saturated heterocycles. The molecule has 0 unspecified atom stereocenters. The van der Waals surface area contributed by atoms with Gasteiger partial charge in [0.1, 0.15) is 5.01 Å². The zero-order valence-electron chi connectivity index (χ0n) is 15.3. The van der Waals surface area contributed by atoms with Crippen molar-refractivity contribution in [3.05, 3.63) is 16.6 Å². The second-order valence-corrected chi connectivity index (χ2v) is 9.21. The van der Waals surface area contributed by atoms with E-state index in [2.05, 4.69) is 15.6 Å². The quantitative estimate of drug-likeness (QED) is 0.767. The van der Waals surface area contributed by atoms with Gasteiger partial charge < -0.3 is 10.6 Å². The molecule has 0 bridgehead atoms. The van der Waals surface area contributed by atoms with Gasteiger partial charge in [-0.2, -0.15) is 0 Å². The Morgan fingerprint density at radius 3 is 2.35 bits per heavy atom. The average Bonchev–Trinajstić information content (AvgIpc) is 3.32. The summed E-state index contributed by atoms with van der Waals surface area (Å²) in [5.74, 6) is 2.01. The fraction of sp³-hybridized carbons (Fsp3) is 0.750. The maximum Gasteiger partial charge on any atom is 0.223 e. The van der Waals surface area contributed by atoms with Crippen LogP contribution in [-0.4, -0.2) is 23.3 Å². The molecule has 1 heterocycles. The van der Waals surface area contributed by atoms with Crippen molar-refractivity contribution in [2.75, 3.05) is 6.54 Å². The molecule has 5 nitrogen and oxygen atoms in total. The Kier molecular flexibility index (Phi) is 5.57. The highest BCUT2D eigenvalue weighted by atomic mass is 32.1. The molecular formula is C20H29N3O2S. The molecule has 3 fully saturated rings. The van der Waals surface area contributed by atoms with Crippen molar-refractivity contribution in [3.63, 3.8) is 0 Å². The summed E-state index contributed by atoms with van der Waals surface area (Å²) in [6.45, 7) is 0.818. The summed E-state index contributed by atoms with van der Waals surface area (Å²) in [4.78, 5) is 28.8. The number of amides is 2. The molecule has 0 spiro atoms. The van der Waals surface area contributed by atoms with E-state index in [9.17, 15) is 9.59 Å². The van der Waals surface area contributed by atoms with Crippen LogP contribution >= 0.6 is 11.3 Å². The minimum atomic E-state index is 0.0603. The molecule has 0 radical (unpaired) electrons. The van der Waals surface area contributed by atoms with Gasteiger partial charge in [-0.3, -0.25) is 9.59 Å². The predicted octanol–water partition coefficient (Wildman–Crippen LogP) is 3.43. The van der Waals surface area contributed by atoms with Gasteiger partial charge in [-0.15, -0.1) is 11.3 Å². The Balaban J connectivity index is 1.30. The standard InChI is InChI=1S/C20H29N3O2S/c24-18(16-8-9-16)22-12-13-4-6-14(7-5-13)17(20-21-10-11-26-20)23-19(25)15-2-1-3-15/h10-11,13-17H,1-9,12H2,(H,22,24)(H,23,25)/t13?,14?,17-/m0/s1. The second kappa shape index (κ2) is 8.07. The summed E-state index contributed by atoms with van der Waals surface area (Å²) < 4.78 is 0. The SMILES string of the molecule is O=C(NCC1CCC([C@H](NC(=O)C2CCC2)c2nccs2)CC1)C1CC1. The van der Waals surface area contributed by atoms with Crippen LogP contribution in [0.25, 0.3) is 0 Å². The number of nitrogens with one attached hydrogen (secondary N) is 2. The predicted molar refractivity (Wildman–Crippen MR) is 102 cm³/mol. The molecular weight excluding hydrogens is 346 g/mol. The Morgan fingerprint density at radius 1 is 1.04 bits per heavy atom. The Morgan fingerprint density at radius 2 is 1.77 bits per heavy atom. The van der Waals surface area contributed by atoms with Gasteiger partial charge in [-0.05, 0) is 63.2 Å². The fourth-order valence-corrected chi connectivity index (χ4v) is 4.95. The minimum Gasteiger partial charge on any atom is -0.356 e. The molecule has 0 aliphatic heterocycles. The maximum atomic E-state index is 12.5. The first-order chi connectivity index (χ1) is 12.7. The number of hydrogen-bond acceptors (Lipinski definition) is 4. The molecule has 26 heavy (non-hydrogen) atoms. The molecule has 1 aromatic heterocycles. The van der Waals surface area contributed by atoms with E-state index in [1.54, 1.807) is 11.3 Å². The number of hydrogen-bond donors (Lipinski definition) is 2. The lowest BCUT2D eigenvalue weighted by Crippen LogP contribution is -2.41. The van der Waals surface area contributed by atoms with Crippen LogP contribution in [0.2, 0.25) is 0 Å². The third-order valence-electron chi connectivity index (χ3n) is 6.37. The Bertz CT molecular complexity index is 617. The van der Waals surface area contributed by atoms with Gasteiger partial charge in [-0.1, -0.05) is 6.42 Å². The van der Waals surface area contributed by atoms with Gasteiger partial charge in [0.2, 0.25) is 11.8 Å². The van der Waals surface area contributed by atoms with Crippen molar-refractivity contribution in [1.82, 2.24) is 15.6 Å². The fourth-order valence-electron chi connectivity index (χ4n) is 4.17. The van der Waals surface area contributed by atoms with Crippen LogP contribution in [0.5, 0.6) is 0 Å². The summed E-state index contributed by atoms with van der Waals surface area (Å²) in [5, 5.41) is 9.49. The highest BCUT2D eigenvalue weighted by Crippen LogP contribution is 2.38. The molecule has 3 aliphatic carbocycles. The zero-order chi connectivity index (χ0) is 17.9. The monoisotopic (exact) mass is 375 g/mol. The average molecular weight is 376 g/mol. The van der Waals surface area contributed by atoms with Crippen molar-refractivity contribution in [1.29, 1.82) is 0 Å². The van der Waals surface area contributed by atoms with Gasteiger partial charge in [-0.25, -0.2) is 4.98 Å². The van der Waals surface area contributed by atoms with Crippen LogP contribution in [0.3, 0.4) is 0 Å². The largest absolute Gasteiger partial charge is 0.356 e. The first-order valence-corrected chi connectivity index (χ1v) is 11.1. The van der Waals surface area contributed by atoms with Crippen molar-refractivity contribution >= 4 is 23.2 Å². The van der Waals surface area contributed by atoms with Crippen LogP contribution in [0, 0.1) is 23.7 Å². The highest BCUT2D eigenvalue weighted by molar-refractivity contribution is 7.09. The highest BCUT2D eigenvalue weighted by Gasteiger charge is 2.35. The summed E-state index contributed by atoms with van der Waals surface area (Å²) >= 11 is 1.65. The number of carbonyl (C=O) groups excluding carboxylic acids is 2. The van der Waals surface area contributed by atoms with E-state index >= 15 is 0 Å². The molecule has 1 atom stereocenters. The Hall–Kier alpha value is -1.43. The third-order valence-corrected chi connectivity index (χ3v) is 7.23. The number of aromatic nitrogens is 1. The van der Waals surface area contributed by atoms with Crippen LogP contribution in [0.1, 0.15) is 68.8 Å². The van der Waals surface area contributed by atoms with Crippen LogP contribution in [0.4, 0.5) is 0 Å². The van der Waals surface area contributed by atoms with Gasteiger partial charge in [0.25, 0.3) is 0 Å². The number of nitrogens with zero attached hydrogens (tertiary/aromatic N) is 1. The third kappa shape index (κ3) is 4.27. The molecule has 4 rings (SSSR count). The van der Waals surface area contributed by atoms with Crippen molar-refractivity contribution in [3.8, 4) is 0 Å².